The van der Waals surface area contributed by atoms with E-state index in [4.69, 9.17) is 4.74 Å². The largest absolute Gasteiger partial charge is 0.497 e. The first kappa shape index (κ1) is 25.8. The Hall–Kier alpha value is -2.21. The molecule has 0 fully saturated rings. The first-order valence-electron chi connectivity index (χ1n) is 9.00. The number of rotatable bonds is 9. The number of methoxy groups -OCH3 is 1. The van der Waals surface area contributed by atoms with Crippen LogP contribution in [0.5, 0.6) is 11.5 Å². The van der Waals surface area contributed by atoms with Crippen LogP contribution in [0.15, 0.2) is 47.5 Å². The summed E-state index contributed by atoms with van der Waals surface area (Å²) in [6, 6.07) is 10.0. The Morgan fingerprint density at radius 3 is 2.43 bits per heavy atom. The molecule has 0 heterocycles. The zero-order valence-corrected chi connectivity index (χ0v) is 18.9. The Morgan fingerprint density at radius 1 is 1.13 bits per heavy atom. The van der Waals surface area contributed by atoms with Crippen LogP contribution >= 0.6 is 24.0 Å². The summed E-state index contributed by atoms with van der Waals surface area (Å²) in [4.78, 5) is 4.35. The molecule has 30 heavy (non-hydrogen) atoms. The fraction of sp³-hybridized carbons (Fsp3) is 0.350. The maximum absolute atomic E-state index is 13.0. The van der Waals surface area contributed by atoms with Crippen LogP contribution in [0, 0.1) is 5.82 Å². The third kappa shape index (κ3) is 8.27. The van der Waals surface area contributed by atoms with Crippen molar-refractivity contribution in [2.45, 2.75) is 26.2 Å². The van der Waals surface area contributed by atoms with Gasteiger partial charge in [-0.2, -0.15) is 8.78 Å². The molecule has 0 saturated heterocycles. The third-order valence-corrected chi connectivity index (χ3v) is 3.95. The van der Waals surface area contributed by atoms with Crippen LogP contribution in [0.4, 0.5) is 13.2 Å². The number of aliphatic imine (C=N–C) groups is 1. The molecule has 0 radical (unpaired) electrons. The molecular formula is C20H25F3IN3O3. The average Bonchev–Trinajstić information content (AvgIpc) is 2.70. The van der Waals surface area contributed by atoms with Gasteiger partial charge in [-0.3, -0.25) is 0 Å². The number of halogens is 4. The topological polar surface area (TPSA) is 75.1 Å². The van der Waals surface area contributed by atoms with Gasteiger partial charge in [-0.15, -0.1) is 24.0 Å². The Bertz CT molecular complexity index is 808. The number of ether oxygens (including phenoxy) is 2. The van der Waals surface area contributed by atoms with Crippen molar-refractivity contribution in [2.75, 3.05) is 20.2 Å². The fourth-order valence-corrected chi connectivity index (χ4v) is 2.52. The van der Waals surface area contributed by atoms with Gasteiger partial charge in [0.15, 0.2) is 5.96 Å². The van der Waals surface area contributed by atoms with Crippen molar-refractivity contribution in [3.8, 4) is 11.5 Å². The van der Waals surface area contributed by atoms with Crippen molar-refractivity contribution in [3.63, 3.8) is 0 Å². The number of nitrogens with one attached hydrogen (secondary N) is 2. The molecule has 166 valence electrons. The molecule has 0 aromatic heterocycles. The average molecular weight is 539 g/mol. The van der Waals surface area contributed by atoms with E-state index in [1.54, 1.807) is 6.07 Å². The highest BCUT2D eigenvalue weighted by molar-refractivity contribution is 14.0. The molecule has 6 nitrogen and oxygen atoms in total. The summed E-state index contributed by atoms with van der Waals surface area (Å²) in [5, 5.41) is 16.2. The molecule has 2 aromatic carbocycles. The zero-order chi connectivity index (χ0) is 21.2. The van der Waals surface area contributed by atoms with Crippen molar-refractivity contribution in [1.82, 2.24) is 10.6 Å². The van der Waals surface area contributed by atoms with Crippen molar-refractivity contribution in [2.24, 2.45) is 4.99 Å². The highest BCUT2D eigenvalue weighted by atomic mass is 127. The van der Waals surface area contributed by atoms with Gasteiger partial charge in [0.2, 0.25) is 0 Å². The first-order valence-corrected chi connectivity index (χ1v) is 9.00. The summed E-state index contributed by atoms with van der Waals surface area (Å²) in [6.07, 6.45) is -0.881. The maximum atomic E-state index is 13.0. The quantitative estimate of drug-likeness (QED) is 0.257. The predicted octanol–water partition coefficient (Wildman–Crippen LogP) is 3.84. The van der Waals surface area contributed by atoms with Gasteiger partial charge in [-0.25, -0.2) is 9.38 Å². The Morgan fingerprint density at radius 2 is 1.83 bits per heavy atom. The molecule has 0 amide bonds. The smallest absolute Gasteiger partial charge is 0.387 e. The maximum Gasteiger partial charge on any atom is 0.387 e. The Kier molecular flexibility index (Phi) is 11.3. The minimum atomic E-state index is -2.96. The van der Waals surface area contributed by atoms with E-state index in [1.165, 1.54) is 43.5 Å². The van der Waals surface area contributed by atoms with Gasteiger partial charge in [0.25, 0.3) is 0 Å². The molecule has 0 aliphatic rings. The predicted molar refractivity (Wildman–Crippen MR) is 119 cm³/mol. The van der Waals surface area contributed by atoms with E-state index in [1.807, 2.05) is 6.92 Å². The second-order valence-corrected chi connectivity index (χ2v) is 6.00. The lowest BCUT2D eigenvalue weighted by Crippen LogP contribution is -2.39. The number of aliphatic hydroxyl groups excluding tert-OH is 1. The van der Waals surface area contributed by atoms with Crippen LogP contribution in [0.3, 0.4) is 0 Å². The fourth-order valence-electron chi connectivity index (χ4n) is 2.52. The van der Waals surface area contributed by atoms with Gasteiger partial charge >= 0.3 is 6.61 Å². The first-order chi connectivity index (χ1) is 13.9. The molecule has 0 aliphatic heterocycles. The molecule has 0 spiro atoms. The monoisotopic (exact) mass is 539 g/mol. The van der Waals surface area contributed by atoms with E-state index >= 15 is 0 Å². The molecule has 0 aliphatic carbocycles. The second-order valence-electron chi connectivity index (χ2n) is 6.00. The Labute approximate surface area is 190 Å². The minimum absolute atomic E-state index is 0. The molecule has 2 aromatic rings. The van der Waals surface area contributed by atoms with Crippen molar-refractivity contribution < 1.29 is 27.8 Å². The van der Waals surface area contributed by atoms with Crippen molar-refractivity contribution >= 4 is 29.9 Å². The number of guanidine groups is 1. The lowest BCUT2D eigenvalue weighted by molar-refractivity contribution is -0.0504. The molecule has 0 bridgehead atoms. The SMILES string of the molecule is CCNC(=NCc1cc(OC)ccc1OC(F)F)NCC(O)c1ccc(F)cc1.I. The standard InChI is InChI=1S/C20H24F3N3O3.HI/c1-3-24-20(26-12-17(27)13-4-6-15(21)7-5-13)25-11-14-10-16(28-2)8-9-18(14)29-19(22)23;/h4-10,17,19,27H,3,11-12H2,1-2H3,(H2,24,25,26);1H. The van der Waals surface area contributed by atoms with Gasteiger partial charge < -0.3 is 25.2 Å². The normalized spacial score (nSPS) is 12.2. The van der Waals surface area contributed by atoms with Gasteiger partial charge in [0.05, 0.1) is 19.8 Å². The van der Waals surface area contributed by atoms with Gasteiger partial charge in [0.1, 0.15) is 17.3 Å². The minimum Gasteiger partial charge on any atom is -0.497 e. The molecule has 2 rings (SSSR count). The summed E-state index contributed by atoms with van der Waals surface area (Å²) < 4.78 is 47.9. The summed E-state index contributed by atoms with van der Waals surface area (Å²) >= 11 is 0. The molecule has 1 unspecified atom stereocenters. The second kappa shape index (κ2) is 13.2. The van der Waals surface area contributed by atoms with Crippen LogP contribution in [0.25, 0.3) is 0 Å². The highest BCUT2D eigenvalue weighted by Crippen LogP contribution is 2.26. The summed E-state index contributed by atoms with van der Waals surface area (Å²) in [5.41, 5.74) is 0.969. The highest BCUT2D eigenvalue weighted by Gasteiger charge is 2.12. The van der Waals surface area contributed by atoms with E-state index < -0.39 is 12.7 Å². The van der Waals surface area contributed by atoms with Crippen molar-refractivity contribution in [3.05, 3.63) is 59.4 Å². The summed E-state index contributed by atoms with van der Waals surface area (Å²) in [5.74, 6) is 0.483. The van der Waals surface area contributed by atoms with Crippen LogP contribution in [-0.2, 0) is 6.54 Å². The van der Waals surface area contributed by atoms with E-state index in [2.05, 4.69) is 20.4 Å². The number of hydrogen-bond donors (Lipinski definition) is 3. The number of benzene rings is 2. The summed E-state index contributed by atoms with van der Waals surface area (Å²) in [6.45, 7) is -0.373. The number of nitrogens with zero attached hydrogens (tertiary/aromatic N) is 1. The van der Waals surface area contributed by atoms with Gasteiger partial charge in [-0.05, 0) is 42.8 Å². The van der Waals surface area contributed by atoms with Gasteiger partial charge in [-0.1, -0.05) is 12.1 Å². The number of alkyl halides is 2. The third-order valence-electron chi connectivity index (χ3n) is 3.95. The lowest BCUT2D eigenvalue weighted by Gasteiger charge is -2.16. The molecule has 10 heteroatoms. The van der Waals surface area contributed by atoms with Crippen LogP contribution in [0.2, 0.25) is 0 Å². The molecular weight excluding hydrogens is 514 g/mol. The Balaban J connectivity index is 0.00000450. The van der Waals surface area contributed by atoms with Crippen LogP contribution in [-0.4, -0.2) is 37.9 Å². The van der Waals surface area contributed by atoms with Crippen LogP contribution in [0.1, 0.15) is 24.2 Å². The van der Waals surface area contributed by atoms with E-state index in [0.717, 1.165) is 0 Å². The number of aliphatic hydroxyl groups is 1. The van der Waals surface area contributed by atoms with Gasteiger partial charge in [0, 0.05) is 18.7 Å². The van der Waals surface area contributed by atoms with E-state index in [9.17, 15) is 18.3 Å². The van der Waals surface area contributed by atoms with E-state index in [-0.39, 0.29) is 48.6 Å². The summed E-state index contributed by atoms with van der Waals surface area (Å²) in [7, 11) is 1.47. The zero-order valence-electron chi connectivity index (χ0n) is 16.6. The van der Waals surface area contributed by atoms with E-state index in [0.29, 0.717) is 29.4 Å². The lowest BCUT2D eigenvalue weighted by atomic mass is 10.1. The number of hydrogen-bond acceptors (Lipinski definition) is 4. The van der Waals surface area contributed by atoms with Crippen molar-refractivity contribution in [1.29, 1.82) is 0 Å². The molecule has 0 saturated carbocycles. The van der Waals surface area contributed by atoms with Crippen LogP contribution < -0.4 is 20.1 Å². The molecule has 1 atom stereocenters. The molecule has 3 N–H and O–H groups in total.